The van der Waals surface area contributed by atoms with Crippen molar-refractivity contribution in [3.05, 3.63) is 21.8 Å². The SMILES string of the molecule is CC1CCC(CN)(c2nc(-c3ccc(Br)s3)no2)CC1. The van der Waals surface area contributed by atoms with Crippen molar-refractivity contribution in [1.82, 2.24) is 10.1 Å². The van der Waals surface area contributed by atoms with Crippen molar-refractivity contribution < 1.29 is 4.52 Å². The first-order chi connectivity index (χ1) is 9.63. The van der Waals surface area contributed by atoms with Gasteiger partial charge in [0.15, 0.2) is 0 Å². The fourth-order valence-corrected chi connectivity index (χ4v) is 4.11. The number of thiophene rings is 1. The van der Waals surface area contributed by atoms with Gasteiger partial charge in [-0.25, -0.2) is 0 Å². The van der Waals surface area contributed by atoms with E-state index in [0.29, 0.717) is 18.3 Å². The molecule has 1 fully saturated rings. The fourth-order valence-electron chi connectivity index (χ4n) is 2.79. The van der Waals surface area contributed by atoms with Crippen LogP contribution in [0.1, 0.15) is 38.5 Å². The average molecular weight is 356 g/mol. The molecule has 2 aromatic heterocycles. The highest BCUT2D eigenvalue weighted by Gasteiger charge is 2.39. The molecule has 4 nitrogen and oxygen atoms in total. The van der Waals surface area contributed by atoms with Crippen molar-refractivity contribution in [2.45, 2.75) is 38.0 Å². The molecule has 0 atom stereocenters. The molecule has 1 aliphatic rings. The van der Waals surface area contributed by atoms with Crippen LogP contribution in [-0.4, -0.2) is 16.7 Å². The maximum atomic E-state index is 6.04. The number of nitrogens with zero attached hydrogens (tertiary/aromatic N) is 2. The molecule has 6 heteroatoms. The molecular formula is C14H18BrN3OS. The van der Waals surface area contributed by atoms with Crippen LogP contribution < -0.4 is 5.73 Å². The zero-order chi connectivity index (χ0) is 14.2. The van der Waals surface area contributed by atoms with E-state index >= 15 is 0 Å². The molecule has 3 rings (SSSR count). The largest absolute Gasteiger partial charge is 0.338 e. The average Bonchev–Trinajstić information content (AvgIpc) is 3.09. The molecule has 2 N–H and O–H groups in total. The van der Waals surface area contributed by atoms with Gasteiger partial charge in [0.05, 0.1) is 14.1 Å². The Labute approximate surface area is 130 Å². The van der Waals surface area contributed by atoms with Gasteiger partial charge in [0.25, 0.3) is 0 Å². The third-order valence-corrected chi connectivity index (χ3v) is 5.92. The molecule has 1 saturated carbocycles. The molecule has 0 radical (unpaired) electrons. The van der Waals surface area contributed by atoms with Gasteiger partial charge in [0, 0.05) is 6.54 Å². The topological polar surface area (TPSA) is 64.9 Å². The van der Waals surface area contributed by atoms with E-state index in [0.717, 1.165) is 27.4 Å². The van der Waals surface area contributed by atoms with Gasteiger partial charge < -0.3 is 10.3 Å². The number of hydrogen-bond acceptors (Lipinski definition) is 5. The van der Waals surface area contributed by atoms with Gasteiger partial charge in [-0.2, -0.15) is 4.98 Å². The van der Waals surface area contributed by atoms with Gasteiger partial charge in [0.1, 0.15) is 0 Å². The zero-order valence-corrected chi connectivity index (χ0v) is 13.8. The van der Waals surface area contributed by atoms with Crippen molar-refractivity contribution >= 4 is 27.3 Å². The van der Waals surface area contributed by atoms with E-state index in [1.807, 2.05) is 12.1 Å². The molecule has 0 unspecified atom stereocenters. The molecule has 108 valence electrons. The Balaban J connectivity index is 1.88. The third kappa shape index (κ3) is 2.56. The highest BCUT2D eigenvalue weighted by atomic mass is 79.9. The lowest BCUT2D eigenvalue weighted by atomic mass is 9.71. The van der Waals surface area contributed by atoms with E-state index in [4.69, 9.17) is 10.3 Å². The van der Waals surface area contributed by atoms with E-state index in [-0.39, 0.29) is 5.41 Å². The summed E-state index contributed by atoms with van der Waals surface area (Å²) in [6.45, 7) is 2.87. The van der Waals surface area contributed by atoms with Crippen LogP contribution in [0.2, 0.25) is 0 Å². The molecule has 2 heterocycles. The fraction of sp³-hybridized carbons (Fsp3) is 0.571. The van der Waals surface area contributed by atoms with Crippen LogP contribution >= 0.6 is 27.3 Å². The number of hydrogen-bond donors (Lipinski definition) is 1. The van der Waals surface area contributed by atoms with Crippen molar-refractivity contribution in [2.75, 3.05) is 6.54 Å². The Morgan fingerprint density at radius 1 is 1.45 bits per heavy atom. The zero-order valence-electron chi connectivity index (χ0n) is 11.4. The molecule has 0 amide bonds. The molecule has 0 bridgehead atoms. The Kier molecular flexibility index (Phi) is 3.97. The molecule has 0 aromatic carbocycles. The first kappa shape index (κ1) is 14.2. The van der Waals surface area contributed by atoms with Gasteiger partial charge in [0.2, 0.25) is 11.7 Å². The van der Waals surface area contributed by atoms with Crippen molar-refractivity contribution in [3.63, 3.8) is 0 Å². The summed E-state index contributed by atoms with van der Waals surface area (Å²) in [5, 5.41) is 4.13. The van der Waals surface area contributed by atoms with E-state index < -0.39 is 0 Å². The van der Waals surface area contributed by atoms with Gasteiger partial charge in [-0.15, -0.1) is 11.3 Å². The second-order valence-electron chi connectivity index (χ2n) is 5.69. The van der Waals surface area contributed by atoms with E-state index in [2.05, 4.69) is 33.0 Å². The van der Waals surface area contributed by atoms with Crippen LogP contribution in [0.15, 0.2) is 20.4 Å². The summed E-state index contributed by atoms with van der Waals surface area (Å²) in [6, 6.07) is 4.00. The van der Waals surface area contributed by atoms with Gasteiger partial charge in [-0.05, 0) is 59.7 Å². The minimum absolute atomic E-state index is 0.119. The lowest BCUT2D eigenvalue weighted by Crippen LogP contribution is -2.39. The van der Waals surface area contributed by atoms with Crippen LogP contribution in [0.25, 0.3) is 10.7 Å². The summed E-state index contributed by atoms with van der Waals surface area (Å²) >= 11 is 5.06. The minimum Gasteiger partial charge on any atom is -0.338 e. The predicted molar refractivity (Wildman–Crippen MR) is 83.7 cm³/mol. The van der Waals surface area contributed by atoms with E-state index in [1.165, 1.54) is 12.8 Å². The maximum Gasteiger partial charge on any atom is 0.234 e. The highest BCUT2D eigenvalue weighted by molar-refractivity contribution is 9.11. The monoisotopic (exact) mass is 355 g/mol. The van der Waals surface area contributed by atoms with Gasteiger partial charge in [-0.3, -0.25) is 0 Å². The van der Waals surface area contributed by atoms with E-state index in [1.54, 1.807) is 11.3 Å². The van der Waals surface area contributed by atoms with Crippen molar-refractivity contribution in [2.24, 2.45) is 11.7 Å². The normalized spacial score (nSPS) is 26.9. The Morgan fingerprint density at radius 2 is 2.20 bits per heavy atom. The van der Waals surface area contributed by atoms with Gasteiger partial charge >= 0.3 is 0 Å². The second kappa shape index (κ2) is 5.58. The molecule has 2 aromatic rings. The first-order valence-corrected chi connectivity index (χ1v) is 8.54. The van der Waals surface area contributed by atoms with E-state index in [9.17, 15) is 0 Å². The third-order valence-electron chi connectivity index (χ3n) is 4.30. The predicted octanol–water partition coefficient (Wildman–Crippen LogP) is 3.97. The quantitative estimate of drug-likeness (QED) is 0.904. The van der Waals surface area contributed by atoms with Crippen LogP contribution in [0.3, 0.4) is 0 Å². The highest BCUT2D eigenvalue weighted by Crippen LogP contribution is 2.41. The summed E-state index contributed by atoms with van der Waals surface area (Å²) in [6.07, 6.45) is 4.44. The molecular weight excluding hydrogens is 338 g/mol. The molecule has 0 aliphatic heterocycles. The van der Waals surface area contributed by atoms with Crippen LogP contribution in [0.4, 0.5) is 0 Å². The molecule has 0 spiro atoms. The van der Waals surface area contributed by atoms with Gasteiger partial charge in [-0.1, -0.05) is 12.1 Å². The number of halogens is 1. The second-order valence-corrected chi connectivity index (χ2v) is 8.16. The summed E-state index contributed by atoms with van der Waals surface area (Å²) in [7, 11) is 0. The lowest BCUT2D eigenvalue weighted by Gasteiger charge is -2.35. The van der Waals surface area contributed by atoms with Crippen LogP contribution in [0, 0.1) is 5.92 Å². The van der Waals surface area contributed by atoms with Crippen LogP contribution in [-0.2, 0) is 5.41 Å². The molecule has 1 aliphatic carbocycles. The summed E-state index contributed by atoms with van der Waals surface area (Å²) in [4.78, 5) is 5.63. The molecule has 20 heavy (non-hydrogen) atoms. The lowest BCUT2D eigenvalue weighted by molar-refractivity contribution is 0.191. The Bertz CT molecular complexity index is 587. The smallest absolute Gasteiger partial charge is 0.234 e. The number of nitrogens with two attached hydrogens (primary N) is 1. The Hall–Kier alpha value is -0.720. The summed E-state index contributed by atoms with van der Waals surface area (Å²) in [5.74, 6) is 2.15. The Morgan fingerprint density at radius 3 is 2.80 bits per heavy atom. The maximum absolute atomic E-state index is 6.04. The number of rotatable bonds is 3. The molecule has 0 saturated heterocycles. The summed E-state index contributed by atoms with van der Waals surface area (Å²) in [5.41, 5.74) is 5.92. The first-order valence-electron chi connectivity index (χ1n) is 6.93. The van der Waals surface area contributed by atoms with Crippen LogP contribution in [0.5, 0.6) is 0 Å². The van der Waals surface area contributed by atoms with Crippen molar-refractivity contribution in [3.8, 4) is 10.7 Å². The minimum atomic E-state index is -0.119. The summed E-state index contributed by atoms with van der Waals surface area (Å²) < 4.78 is 6.62. The standard InChI is InChI=1S/C14H18BrN3OS/c1-9-4-6-14(8-16,7-5-9)13-17-12(18-19-13)10-2-3-11(15)20-10/h2-3,9H,4-8,16H2,1H3. The number of aromatic nitrogens is 2. The van der Waals surface area contributed by atoms with Crippen molar-refractivity contribution in [1.29, 1.82) is 0 Å².